The summed E-state index contributed by atoms with van der Waals surface area (Å²) in [5.74, 6) is 0. The van der Waals surface area contributed by atoms with E-state index in [1.165, 1.54) is 88.1 Å². The van der Waals surface area contributed by atoms with E-state index in [9.17, 15) is 0 Å². The minimum absolute atomic E-state index is 0.212. The quantitative estimate of drug-likeness (QED) is 0.173. The van der Waals surface area contributed by atoms with Crippen LogP contribution in [0.1, 0.15) is 34.3 Å². The van der Waals surface area contributed by atoms with Gasteiger partial charge in [-0.1, -0.05) is 146 Å². The zero-order valence-electron chi connectivity index (χ0n) is 39.5. The molecule has 0 saturated heterocycles. The molecule has 6 heteroatoms. The maximum absolute atomic E-state index is 7.13. The lowest BCUT2D eigenvalue weighted by Crippen LogP contribution is -2.31. The smallest absolute Gasteiger partial charge is 0.143 e. The standard InChI is InChI=1S/C68H38N4O2/c1-3-17-37(18-4-1)69-53-36-54-50(33-49(53)65-61-55(69)34-47-41-23-9-13-31-57(41)73-67(47)59(61)45-27-15-25-43-39-21-7-11-29-51(39)71(65)63(43)45)66-62-56(70(54)38-19-5-2-6-20-38)35-48-42-24-10-14-32-58(42)74-68(48)60(62)46-28-16-26-44-40-22-8-12-30-52(40)72(66)64(44)46/h1-36,65-66H. The normalized spacial score (nSPS) is 15.8. The molecular formula is C68H38N4O2. The van der Waals surface area contributed by atoms with Crippen molar-refractivity contribution in [3.63, 3.8) is 0 Å². The van der Waals surface area contributed by atoms with Crippen molar-refractivity contribution < 1.29 is 8.83 Å². The van der Waals surface area contributed by atoms with E-state index in [2.05, 4.69) is 237 Å². The summed E-state index contributed by atoms with van der Waals surface area (Å²) >= 11 is 0. The monoisotopic (exact) mass is 942 g/mol. The van der Waals surface area contributed by atoms with Crippen molar-refractivity contribution in [1.29, 1.82) is 0 Å². The molecule has 0 radical (unpaired) electrons. The number of furan rings is 2. The molecule has 0 spiro atoms. The lowest BCUT2D eigenvalue weighted by molar-refractivity contribution is 0.659. The molecule has 342 valence electrons. The van der Waals surface area contributed by atoms with Crippen molar-refractivity contribution >= 4 is 122 Å². The van der Waals surface area contributed by atoms with Gasteiger partial charge in [0.2, 0.25) is 0 Å². The van der Waals surface area contributed by atoms with E-state index in [4.69, 9.17) is 8.83 Å². The number of nitrogens with zero attached hydrogens (tertiary/aromatic N) is 4. The van der Waals surface area contributed by atoms with Crippen LogP contribution in [0.2, 0.25) is 0 Å². The second kappa shape index (κ2) is 13.2. The Balaban J connectivity index is 1.03. The lowest BCUT2D eigenvalue weighted by atomic mass is 9.77. The number of hydrogen-bond acceptors (Lipinski definition) is 4. The van der Waals surface area contributed by atoms with Crippen molar-refractivity contribution in [3.8, 4) is 22.3 Å². The SMILES string of the molecule is c1ccc(N2c3cc4c(cc3C3c5c2cc2c(oc6ccccc62)c5-c2cccc5c6ccccc6n3c25)C2c3c(cc5c(oc6ccccc65)c3-c3cccc5c6ccccc6n2c35)N4c2ccccc2)cc1. The van der Waals surface area contributed by atoms with Crippen LogP contribution in [0.25, 0.3) is 110 Å². The summed E-state index contributed by atoms with van der Waals surface area (Å²) in [6.07, 6.45) is 0. The molecule has 6 nitrogen and oxygen atoms in total. The molecule has 0 bridgehead atoms. The maximum Gasteiger partial charge on any atom is 0.143 e. The predicted molar refractivity (Wildman–Crippen MR) is 302 cm³/mol. The van der Waals surface area contributed by atoms with Crippen LogP contribution in [0.15, 0.2) is 227 Å². The number of fused-ring (bicyclic) bond motifs is 22. The highest BCUT2D eigenvalue weighted by molar-refractivity contribution is 6.23. The zero-order chi connectivity index (χ0) is 47.7. The van der Waals surface area contributed by atoms with Gasteiger partial charge < -0.3 is 27.8 Å². The van der Waals surface area contributed by atoms with Crippen LogP contribution in [-0.4, -0.2) is 9.13 Å². The minimum Gasteiger partial charge on any atom is -0.455 e. The molecule has 0 N–H and O–H groups in total. The Morgan fingerprint density at radius 3 is 1.19 bits per heavy atom. The molecule has 19 rings (SSSR count). The second-order valence-electron chi connectivity index (χ2n) is 20.6. The Morgan fingerprint density at radius 1 is 0.311 bits per heavy atom. The van der Waals surface area contributed by atoms with Crippen LogP contribution in [-0.2, 0) is 0 Å². The van der Waals surface area contributed by atoms with E-state index in [-0.39, 0.29) is 12.1 Å². The number of benzene rings is 11. The van der Waals surface area contributed by atoms with E-state index in [1.54, 1.807) is 0 Å². The summed E-state index contributed by atoms with van der Waals surface area (Å²) in [5.41, 5.74) is 25.1. The number of hydrogen-bond donors (Lipinski definition) is 0. The van der Waals surface area contributed by atoms with Crippen molar-refractivity contribution in [1.82, 2.24) is 9.13 Å². The molecule has 2 atom stereocenters. The summed E-state index contributed by atoms with van der Waals surface area (Å²) in [7, 11) is 0. The van der Waals surface area contributed by atoms with Gasteiger partial charge in [-0.25, -0.2) is 0 Å². The van der Waals surface area contributed by atoms with Crippen LogP contribution in [0.5, 0.6) is 0 Å². The van der Waals surface area contributed by atoms with E-state index >= 15 is 0 Å². The van der Waals surface area contributed by atoms with Gasteiger partial charge in [-0.2, -0.15) is 0 Å². The molecule has 0 amide bonds. The molecule has 2 unspecified atom stereocenters. The van der Waals surface area contributed by atoms with Gasteiger partial charge in [-0.15, -0.1) is 0 Å². The molecular weight excluding hydrogens is 905 g/mol. The average molecular weight is 943 g/mol. The third-order valence-electron chi connectivity index (χ3n) is 17.2. The van der Waals surface area contributed by atoms with Gasteiger partial charge in [0.25, 0.3) is 0 Å². The van der Waals surface area contributed by atoms with E-state index in [0.29, 0.717) is 0 Å². The molecule has 15 aromatic rings. The van der Waals surface area contributed by atoms with Crippen molar-refractivity contribution in [3.05, 3.63) is 241 Å². The first-order valence-corrected chi connectivity index (χ1v) is 25.7. The summed E-state index contributed by atoms with van der Waals surface area (Å²) < 4.78 is 19.6. The van der Waals surface area contributed by atoms with Crippen LogP contribution >= 0.6 is 0 Å². The second-order valence-corrected chi connectivity index (χ2v) is 20.6. The van der Waals surface area contributed by atoms with Crippen LogP contribution < -0.4 is 9.80 Å². The Labute approximate surface area is 422 Å². The first-order valence-electron chi connectivity index (χ1n) is 25.7. The summed E-state index contributed by atoms with van der Waals surface area (Å²) in [4.78, 5) is 5.11. The van der Waals surface area contributed by atoms with Crippen molar-refractivity contribution in [2.45, 2.75) is 12.1 Å². The highest BCUT2D eigenvalue weighted by Crippen LogP contribution is 2.65. The highest BCUT2D eigenvalue weighted by Gasteiger charge is 2.46. The number of rotatable bonds is 2. The number of para-hydroxylation sites is 8. The molecule has 11 aromatic carbocycles. The zero-order valence-corrected chi connectivity index (χ0v) is 39.5. The topological polar surface area (TPSA) is 42.6 Å². The fraction of sp³-hybridized carbons (Fsp3) is 0.0294. The Hall–Kier alpha value is -9.78. The molecule has 0 saturated carbocycles. The van der Waals surface area contributed by atoms with Crippen molar-refractivity contribution in [2.24, 2.45) is 0 Å². The maximum atomic E-state index is 7.13. The van der Waals surface area contributed by atoms with Crippen LogP contribution in [0.3, 0.4) is 0 Å². The van der Waals surface area contributed by atoms with Crippen LogP contribution in [0, 0.1) is 0 Å². The first kappa shape index (κ1) is 38.0. The van der Waals surface area contributed by atoms with Crippen molar-refractivity contribution in [2.75, 3.05) is 9.80 Å². The first-order chi connectivity index (χ1) is 36.8. The van der Waals surface area contributed by atoms with E-state index in [0.717, 1.165) is 78.0 Å². The van der Waals surface area contributed by atoms with Gasteiger partial charge in [0.1, 0.15) is 22.3 Å². The fourth-order valence-electron chi connectivity index (χ4n) is 14.5. The highest BCUT2D eigenvalue weighted by atomic mass is 16.3. The third kappa shape index (κ3) is 4.40. The van der Waals surface area contributed by atoms with Gasteiger partial charge in [0.05, 0.1) is 45.9 Å². The third-order valence-corrected chi connectivity index (χ3v) is 17.2. The molecule has 0 fully saturated rings. The molecule has 4 aromatic heterocycles. The number of aromatic nitrogens is 2. The van der Waals surface area contributed by atoms with Crippen LogP contribution in [0.4, 0.5) is 34.1 Å². The minimum atomic E-state index is -0.212. The van der Waals surface area contributed by atoms with Gasteiger partial charge in [-0.05, 0) is 72.8 Å². The Bertz CT molecular complexity index is 4740. The number of anilines is 6. The van der Waals surface area contributed by atoms with Gasteiger partial charge in [-0.3, -0.25) is 0 Å². The Kier molecular flexibility index (Phi) is 6.77. The molecule has 74 heavy (non-hydrogen) atoms. The molecule has 4 aliphatic heterocycles. The molecule has 0 aliphatic carbocycles. The van der Waals surface area contributed by atoms with Gasteiger partial charge in [0, 0.05) is 110 Å². The predicted octanol–water partition coefficient (Wildman–Crippen LogP) is 18.5. The van der Waals surface area contributed by atoms with E-state index < -0.39 is 0 Å². The fourth-order valence-corrected chi connectivity index (χ4v) is 14.5. The summed E-state index contributed by atoms with van der Waals surface area (Å²) in [6, 6.07) is 80.5. The van der Waals surface area contributed by atoms with Gasteiger partial charge in [0.15, 0.2) is 0 Å². The summed E-state index contributed by atoms with van der Waals surface area (Å²) in [6.45, 7) is 0. The largest absolute Gasteiger partial charge is 0.455 e. The lowest BCUT2D eigenvalue weighted by Gasteiger charge is -2.46. The van der Waals surface area contributed by atoms with E-state index in [1.807, 2.05) is 0 Å². The molecule has 4 aliphatic rings. The average Bonchev–Trinajstić information content (AvgIpc) is 4.25. The Morgan fingerprint density at radius 2 is 0.716 bits per heavy atom. The summed E-state index contributed by atoms with van der Waals surface area (Å²) in [5, 5.41) is 9.45. The van der Waals surface area contributed by atoms with Gasteiger partial charge >= 0.3 is 0 Å². The molecule has 8 heterocycles.